The van der Waals surface area contributed by atoms with Crippen LogP contribution in [0.5, 0.6) is 0 Å². The standard InChI is InChI=1S/C18H21FN2O2/c1-18(14-10-20-15-8-12(19)6-7-13(14)15)9-11-4-2-3-5-16(11)21(18)17(22)23/h6-8,10-11,16,20H,2-5,9H2,1H3,(H,22,23)/t11?,16-,18?/m0/s1. The molecule has 3 atom stereocenters. The Bertz CT molecular complexity index is 771. The summed E-state index contributed by atoms with van der Waals surface area (Å²) in [6.45, 7) is 2.02. The van der Waals surface area contributed by atoms with E-state index in [9.17, 15) is 14.3 Å². The fourth-order valence-electron chi connectivity index (χ4n) is 4.88. The van der Waals surface area contributed by atoms with Crippen LogP contribution in [-0.4, -0.2) is 27.1 Å². The molecule has 2 heterocycles. The molecule has 2 aromatic rings. The van der Waals surface area contributed by atoms with Crippen LogP contribution in [0.1, 0.15) is 44.6 Å². The third kappa shape index (κ3) is 2.06. The van der Waals surface area contributed by atoms with Crippen molar-refractivity contribution >= 4 is 17.0 Å². The number of nitrogens with zero attached hydrogens (tertiary/aromatic N) is 1. The van der Waals surface area contributed by atoms with E-state index in [-0.39, 0.29) is 11.9 Å². The van der Waals surface area contributed by atoms with Crippen LogP contribution in [0.4, 0.5) is 9.18 Å². The quantitative estimate of drug-likeness (QED) is 0.816. The van der Waals surface area contributed by atoms with Crippen LogP contribution >= 0.6 is 0 Å². The predicted octanol–water partition coefficient (Wildman–Crippen LogP) is 4.46. The number of hydrogen-bond acceptors (Lipinski definition) is 1. The van der Waals surface area contributed by atoms with Crippen molar-refractivity contribution in [2.24, 2.45) is 5.92 Å². The summed E-state index contributed by atoms with van der Waals surface area (Å²) in [5.41, 5.74) is 1.13. The number of aromatic amines is 1. The number of fused-ring (bicyclic) bond motifs is 2. The van der Waals surface area contributed by atoms with Crippen molar-refractivity contribution in [1.29, 1.82) is 0 Å². The molecule has 4 nitrogen and oxygen atoms in total. The van der Waals surface area contributed by atoms with Crippen molar-refractivity contribution in [3.05, 3.63) is 35.8 Å². The first-order valence-corrected chi connectivity index (χ1v) is 8.30. The van der Waals surface area contributed by atoms with Gasteiger partial charge in [0.05, 0.1) is 5.54 Å². The van der Waals surface area contributed by atoms with Gasteiger partial charge >= 0.3 is 6.09 Å². The summed E-state index contributed by atoms with van der Waals surface area (Å²) in [7, 11) is 0. The van der Waals surface area contributed by atoms with Crippen LogP contribution in [0.3, 0.4) is 0 Å². The van der Waals surface area contributed by atoms with E-state index in [1.54, 1.807) is 11.0 Å². The molecule has 2 unspecified atom stereocenters. The summed E-state index contributed by atoms with van der Waals surface area (Å²) in [5, 5.41) is 10.8. The molecule has 2 N–H and O–H groups in total. The van der Waals surface area contributed by atoms with Crippen molar-refractivity contribution < 1.29 is 14.3 Å². The monoisotopic (exact) mass is 316 g/mol. The molecule has 0 bridgehead atoms. The van der Waals surface area contributed by atoms with Gasteiger partial charge in [-0.3, -0.25) is 4.90 Å². The second-order valence-electron chi connectivity index (χ2n) is 7.13. The van der Waals surface area contributed by atoms with Crippen molar-refractivity contribution in [3.8, 4) is 0 Å². The number of amides is 1. The van der Waals surface area contributed by atoms with Crippen molar-refractivity contribution in [3.63, 3.8) is 0 Å². The molecular formula is C18H21FN2O2. The molecule has 0 radical (unpaired) electrons. The number of halogens is 1. The predicted molar refractivity (Wildman–Crippen MR) is 85.8 cm³/mol. The largest absolute Gasteiger partial charge is 0.465 e. The van der Waals surface area contributed by atoms with E-state index >= 15 is 0 Å². The van der Waals surface area contributed by atoms with Gasteiger partial charge in [-0.15, -0.1) is 0 Å². The molecule has 5 heteroatoms. The number of aromatic nitrogens is 1. The van der Waals surface area contributed by atoms with Gasteiger partial charge in [-0.2, -0.15) is 0 Å². The average molecular weight is 316 g/mol. The van der Waals surface area contributed by atoms with Gasteiger partial charge in [0.2, 0.25) is 0 Å². The SMILES string of the molecule is CC1(c2c[nH]c3cc(F)ccc23)CC2CCCC[C@@H]2N1C(=O)O. The first-order chi connectivity index (χ1) is 11.0. The lowest BCUT2D eigenvalue weighted by Gasteiger charge is -2.37. The zero-order valence-electron chi connectivity index (χ0n) is 13.2. The zero-order chi connectivity index (χ0) is 16.2. The number of likely N-dealkylation sites (tertiary alicyclic amines) is 1. The highest BCUT2D eigenvalue weighted by molar-refractivity contribution is 5.85. The van der Waals surface area contributed by atoms with E-state index in [1.165, 1.54) is 18.6 Å². The summed E-state index contributed by atoms with van der Waals surface area (Å²) in [5.74, 6) is 0.140. The lowest BCUT2D eigenvalue weighted by atomic mass is 9.81. The van der Waals surface area contributed by atoms with E-state index in [1.807, 2.05) is 13.1 Å². The summed E-state index contributed by atoms with van der Waals surface area (Å²) >= 11 is 0. The van der Waals surface area contributed by atoms with Crippen LogP contribution in [0.2, 0.25) is 0 Å². The van der Waals surface area contributed by atoms with Gasteiger partial charge in [0.25, 0.3) is 0 Å². The van der Waals surface area contributed by atoms with E-state index in [0.29, 0.717) is 5.92 Å². The van der Waals surface area contributed by atoms with E-state index in [0.717, 1.165) is 42.1 Å². The molecule has 1 saturated carbocycles. The first-order valence-electron chi connectivity index (χ1n) is 8.30. The maximum absolute atomic E-state index is 13.4. The Morgan fingerprint density at radius 2 is 2.17 bits per heavy atom. The van der Waals surface area contributed by atoms with E-state index < -0.39 is 11.6 Å². The lowest BCUT2D eigenvalue weighted by molar-refractivity contribution is 0.0786. The number of carbonyl (C=O) groups is 1. The number of rotatable bonds is 1. The Balaban J connectivity index is 1.85. The third-order valence-electron chi connectivity index (χ3n) is 5.82. The Labute approximate surface area is 134 Å². The summed E-state index contributed by atoms with van der Waals surface area (Å²) in [4.78, 5) is 16.8. The molecule has 1 aliphatic carbocycles. The van der Waals surface area contributed by atoms with Crippen LogP contribution < -0.4 is 0 Å². The van der Waals surface area contributed by atoms with Crippen LogP contribution in [-0.2, 0) is 5.54 Å². The van der Waals surface area contributed by atoms with Crippen LogP contribution in [0.25, 0.3) is 10.9 Å². The number of benzene rings is 1. The summed E-state index contributed by atoms with van der Waals surface area (Å²) in [6.07, 6.45) is 6.18. The van der Waals surface area contributed by atoms with Gasteiger partial charge in [0, 0.05) is 28.7 Å². The lowest BCUT2D eigenvalue weighted by Crippen LogP contribution is -2.47. The number of H-pyrrole nitrogens is 1. The van der Waals surface area contributed by atoms with Gasteiger partial charge < -0.3 is 10.1 Å². The highest BCUT2D eigenvalue weighted by atomic mass is 19.1. The second kappa shape index (κ2) is 4.98. The number of carboxylic acid groups (broad SMARTS) is 1. The molecule has 1 amide bonds. The number of hydrogen-bond donors (Lipinski definition) is 2. The van der Waals surface area contributed by atoms with Gasteiger partial charge in [-0.1, -0.05) is 12.8 Å². The Morgan fingerprint density at radius 3 is 2.96 bits per heavy atom. The Kier molecular flexibility index (Phi) is 3.15. The maximum atomic E-state index is 13.4. The van der Waals surface area contributed by atoms with Crippen LogP contribution in [0.15, 0.2) is 24.4 Å². The molecule has 122 valence electrons. The Morgan fingerprint density at radius 1 is 1.39 bits per heavy atom. The van der Waals surface area contributed by atoms with Gasteiger partial charge in [0.1, 0.15) is 5.82 Å². The minimum absolute atomic E-state index is 0.108. The van der Waals surface area contributed by atoms with Crippen LogP contribution in [0, 0.1) is 11.7 Å². The number of nitrogens with one attached hydrogen (secondary N) is 1. The molecule has 1 aromatic carbocycles. The first kappa shape index (κ1) is 14.5. The fraction of sp³-hybridized carbons (Fsp3) is 0.500. The molecule has 1 aromatic heterocycles. The summed E-state index contributed by atoms with van der Waals surface area (Å²) in [6, 6.07) is 4.77. The topological polar surface area (TPSA) is 56.3 Å². The maximum Gasteiger partial charge on any atom is 0.408 e. The average Bonchev–Trinajstić information content (AvgIpc) is 3.04. The van der Waals surface area contributed by atoms with Gasteiger partial charge in [-0.05, 0) is 50.3 Å². The van der Waals surface area contributed by atoms with Gasteiger partial charge in [0.15, 0.2) is 0 Å². The third-order valence-corrected chi connectivity index (χ3v) is 5.82. The molecule has 1 saturated heterocycles. The minimum atomic E-state index is -0.849. The van der Waals surface area contributed by atoms with Gasteiger partial charge in [-0.25, -0.2) is 9.18 Å². The van der Waals surface area contributed by atoms with Crippen molar-refractivity contribution in [2.45, 2.75) is 50.6 Å². The highest BCUT2D eigenvalue weighted by Crippen LogP contribution is 2.51. The highest BCUT2D eigenvalue weighted by Gasteiger charge is 2.53. The van der Waals surface area contributed by atoms with Crippen molar-refractivity contribution in [1.82, 2.24) is 9.88 Å². The molecule has 0 spiro atoms. The molecule has 23 heavy (non-hydrogen) atoms. The summed E-state index contributed by atoms with van der Waals surface area (Å²) < 4.78 is 13.4. The van der Waals surface area contributed by atoms with E-state index in [2.05, 4.69) is 4.98 Å². The smallest absolute Gasteiger partial charge is 0.408 e. The Hall–Kier alpha value is -2.04. The molecule has 4 rings (SSSR count). The minimum Gasteiger partial charge on any atom is -0.465 e. The molecule has 2 aliphatic rings. The normalized spacial score (nSPS) is 30.6. The van der Waals surface area contributed by atoms with E-state index in [4.69, 9.17) is 0 Å². The zero-order valence-corrected chi connectivity index (χ0v) is 13.2. The second-order valence-corrected chi connectivity index (χ2v) is 7.13. The fourth-order valence-corrected chi connectivity index (χ4v) is 4.88. The molecular weight excluding hydrogens is 295 g/mol. The molecule has 1 aliphatic heterocycles. The van der Waals surface area contributed by atoms with Crippen molar-refractivity contribution in [2.75, 3.05) is 0 Å². The molecule has 2 fully saturated rings.